The van der Waals surface area contributed by atoms with E-state index in [-0.39, 0.29) is 22.9 Å². The van der Waals surface area contributed by atoms with Gasteiger partial charge in [0.25, 0.3) is 0 Å². The third-order valence-electron chi connectivity index (χ3n) is 2.83. The number of aryl methyl sites for hydroxylation is 1. The predicted octanol–water partition coefficient (Wildman–Crippen LogP) is 4.44. The van der Waals surface area contributed by atoms with Gasteiger partial charge in [-0.3, -0.25) is 0 Å². The lowest BCUT2D eigenvalue weighted by molar-refractivity contribution is 0.299. The van der Waals surface area contributed by atoms with Crippen LogP contribution in [0.5, 0.6) is 17.2 Å². The highest BCUT2D eigenvalue weighted by Crippen LogP contribution is 2.34. The minimum Gasteiger partial charge on any atom is -0.490 e. The first-order valence-electron chi connectivity index (χ1n) is 6.67. The summed E-state index contributed by atoms with van der Waals surface area (Å²) in [6, 6.07) is 6.92. The third-order valence-corrected chi connectivity index (χ3v) is 2.83. The molecule has 0 heterocycles. The van der Waals surface area contributed by atoms with Crippen molar-refractivity contribution in [3.63, 3.8) is 0 Å². The number of nitrogen functional groups attached to an aromatic ring is 1. The summed E-state index contributed by atoms with van der Waals surface area (Å²) in [6.45, 7) is 4.10. The summed E-state index contributed by atoms with van der Waals surface area (Å²) in [6.07, 6.45) is 0.743. The van der Waals surface area contributed by atoms with E-state index < -0.39 is 11.6 Å². The first-order chi connectivity index (χ1) is 10.0. The molecule has 21 heavy (non-hydrogen) atoms. The van der Waals surface area contributed by atoms with Crippen LogP contribution in [-0.2, 0) is 0 Å². The second-order valence-corrected chi connectivity index (χ2v) is 4.70. The molecule has 0 aliphatic carbocycles. The second-order valence-electron chi connectivity index (χ2n) is 4.70. The third kappa shape index (κ3) is 3.62. The molecule has 0 saturated heterocycles. The Morgan fingerprint density at radius 2 is 1.76 bits per heavy atom. The maximum absolute atomic E-state index is 13.7. The molecule has 2 N–H and O–H groups in total. The molecule has 112 valence electrons. The van der Waals surface area contributed by atoms with E-state index >= 15 is 0 Å². The first-order valence-corrected chi connectivity index (χ1v) is 6.67. The molecular formula is C16H17F2NO2. The molecule has 0 spiro atoms. The first kappa shape index (κ1) is 15.1. The molecule has 0 radical (unpaired) electrons. The fourth-order valence-electron chi connectivity index (χ4n) is 1.77. The number of ether oxygens (including phenoxy) is 2. The van der Waals surface area contributed by atoms with Crippen LogP contribution in [0, 0.1) is 18.6 Å². The van der Waals surface area contributed by atoms with Crippen molar-refractivity contribution in [3.8, 4) is 17.2 Å². The summed E-state index contributed by atoms with van der Waals surface area (Å²) in [5.74, 6) is -0.853. The monoisotopic (exact) mass is 293 g/mol. The topological polar surface area (TPSA) is 44.5 Å². The summed E-state index contributed by atoms with van der Waals surface area (Å²) in [5, 5.41) is 0. The van der Waals surface area contributed by atoms with Gasteiger partial charge in [-0.25, -0.2) is 8.78 Å². The number of benzene rings is 2. The molecule has 2 aromatic rings. The van der Waals surface area contributed by atoms with Gasteiger partial charge in [-0.2, -0.15) is 0 Å². The van der Waals surface area contributed by atoms with Crippen LogP contribution in [0.2, 0.25) is 0 Å². The van der Waals surface area contributed by atoms with Crippen LogP contribution in [0.25, 0.3) is 0 Å². The minimum absolute atomic E-state index is 0.0362. The Morgan fingerprint density at radius 3 is 2.48 bits per heavy atom. The van der Waals surface area contributed by atoms with E-state index in [0.29, 0.717) is 6.61 Å². The summed E-state index contributed by atoms with van der Waals surface area (Å²) in [4.78, 5) is 0. The Labute approximate surface area is 122 Å². The highest BCUT2D eigenvalue weighted by Gasteiger charge is 2.13. The van der Waals surface area contributed by atoms with Gasteiger partial charge >= 0.3 is 0 Å². The van der Waals surface area contributed by atoms with Crippen LogP contribution < -0.4 is 15.2 Å². The lowest BCUT2D eigenvalue weighted by Crippen LogP contribution is -2.01. The van der Waals surface area contributed by atoms with Crippen molar-refractivity contribution in [2.45, 2.75) is 20.3 Å². The van der Waals surface area contributed by atoms with Crippen LogP contribution in [0.3, 0.4) is 0 Å². The Hall–Kier alpha value is -2.30. The fourth-order valence-corrected chi connectivity index (χ4v) is 1.77. The number of rotatable bonds is 5. The molecular weight excluding hydrogens is 276 g/mol. The van der Waals surface area contributed by atoms with Crippen molar-refractivity contribution < 1.29 is 18.3 Å². The smallest absolute Gasteiger partial charge is 0.167 e. The Morgan fingerprint density at radius 1 is 1.00 bits per heavy atom. The highest BCUT2D eigenvalue weighted by atomic mass is 19.1. The zero-order valence-electron chi connectivity index (χ0n) is 12.0. The molecule has 0 saturated carbocycles. The van der Waals surface area contributed by atoms with Crippen molar-refractivity contribution in [2.75, 3.05) is 12.3 Å². The van der Waals surface area contributed by atoms with Crippen molar-refractivity contribution in [1.82, 2.24) is 0 Å². The van der Waals surface area contributed by atoms with Gasteiger partial charge in [-0.05, 0) is 31.0 Å². The standard InChI is InChI=1S/C16H17F2NO2/c1-3-6-20-14-9-16(13(19)8-12(14)18)21-15-7-10(2)4-5-11(15)17/h4-5,7-9H,3,6,19H2,1-2H3. The van der Waals surface area contributed by atoms with Gasteiger partial charge in [0.1, 0.15) is 0 Å². The van der Waals surface area contributed by atoms with E-state index in [1.807, 2.05) is 13.8 Å². The molecule has 0 aliphatic rings. The molecule has 3 nitrogen and oxygen atoms in total. The van der Waals surface area contributed by atoms with E-state index in [1.165, 1.54) is 12.1 Å². The minimum atomic E-state index is -0.571. The number of nitrogens with two attached hydrogens (primary N) is 1. The summed E-state index contributed by atoms with van der Waals surface area (Å²) >= 11 is 0. The predicted molar refractivity (Wildman–Crippen MR) is 77.8 cm³/mol. The average molecular weight is 293 g/mol. The van der Waals surface area contributed by atoms with Crippen molar-refractivity contribution in [2.24, 2.45) is 0 Å². The maximum Gasteiger partial charge on any atom is 0.167 e. The zero-order valence-corrected chi connectivity index (χ0v) is 12.0. The van der Waals surface area contributed by atoms with Gasteiger partial charge in [0.2, 0.25) is 0 Å². The molecule has 2 aromatic carbocycles. The molecule has 0 amide bonds. The lowest BCUT2D eigenvalue weighted by atomic mass is 10.2. The Kier molecular flexibility index (Phi) is 4.62. The van der Waals surface area contributed by atoms with Gasteiger partial charge in [0.15, 0.2) is 28.9 Å². The molecule has 0 fully saturated rings. The number of hydrogen-bond acceptors (Lipinski definition) is 3. The second kappa shape index (κ2) is 6.43. The van der Waals surface area contributed by atoms with E-state index in [0.717, 1.165) is 18.1 Å². The zero-order chi connectivity index (χ0) is 15.4. The number of halogens is 2. The summed E-state index contributed by atoms with van der Waals surface area (Å²) in [7, 11) is 0. The van der Waals surface area contributed by atoms with Crippen molar-refractivity contribution in [3.05, 3.63) is 47.5 Å². The average Bonchev–Trinajstić information content (AvgIpc) is 2.44. The van der Waals surface area contributed by atoms with E-state index in [2.05, 4.69) is 0 Å². The van der Waals surface area contributed by atoms with Gasteiger partial charge in [0, 0.05) is 12.1 Å². The van der Waals surface area contributed by atoms with Crippen LogP contribution in [0.15, 0.2) is 30.3 Å². The van der Waals surface area contributed by atoms with Gasteiger partial charge < -0.3 is 15.2 Å². The molecule has 2 rings (SSSR count). The molecule has 0 bridgehead atoms. The van der Waals surface area contributed by atoms with Crippen molar-refractivity contribution >= 4 is 5.69 Å². The summed E-state index contributed by atoms with van der Waals surface area (Å²) in [5.41, 5.74) is 6.63. The molecule has 5 heteroatoms. The van der Waals surface area contributed by atoms with Crippen LogP contribution >= 0.6 is 0 Å². The molecule has 0 atom stereocenters. The largest absolute Gasteiger partial charge is 0.490 e. The SMILES string of the molecule is CCCOc1cc(Oc2cc(C)ccc2F)c(N)cc1F. The maximum atomic E-state index is 13.7. The van der Waals surface area contributed by atoms with Crippen LogP contribution in [-0.4, -0.2) is 6.61 Å². The highest BCUT2D eigenvalue weighted by molar-refractivity contribution is 5.57. The normalized spacial score (nSPS) is 10.5. The number of hydrogen-bond donors (Lipinski definition) is 1. The summed E-state index contributed by atoms with van der Waals surface area (Å²) < 4.78 is 38.1. The number of anilines is 1. The molecule has 0 aliphatic heterocycles. The lowest BCUT2D eigenvalue weighted by Gasteiger charge is -2.13. The van der Waals surface area contributed by atoms with Gasteiger partial charge in [0.05, 0.1) is 12.3 Å². The van der Waals surface area contributed by atoms with E-state index in [4.69, 9.17) is 15.2 Å². The van der Waals surface area contributed by atoms with Gasteiger partial charge in [-0.15, -0.1) is 0 Å². The molecule has 0 aromatic heterocycles. The van der Waals surface area contributed by atoms with E-state index in [9.17, 15) is 8.78 Å². The Balaban J connectivity index is 2.32. The Bertz CT molecular complexity index is 644. The van der Waals surface area contributed by atoms with Crippen LogP contribution in [0.4, 0.5) is 14.5 Å². The quantitative estimate of drug-likeness (QED) is 0.829. The van der Waals surface area contributed by atoms with Crippen molar-refractivity contribution in [1.29, 1.82) is 0 Å². The fraction of sp³-hybridized carbons (Fsp3) is 0.250. The van der Waals surface area contributed by atoms with Crippen LogP contribution in [0.1, 0.15) is 18.9 Å². The van der Waals surface area contributed by atoms with E-state index in [1.54, 1.807) is 12.1 Å². The van der Waals surface area contributed by atoms with Gasteiger partial charge in [-0.1, -0.05) is 13.0 Å². The molecule has 0 unspecified atom stereocenters.